The van der Waals surface area contributed by atoms with Gasteiger partial charge < -0.3 is 9.32 Å². The van der Waals surface area contributed by atoms with E-state index in [0.29, 0.717) is 6.04 Å². The lowest BCUT2D eigenvalue weighted by Crippen LogP contribution is -2.49. The Hall–Kier alpha value is -1.37. The number of nitrogens with zero attached hydrogens (tertiary/aromatic N) is 2. The van der Waals surface area contributed by atoms with Gasteiger partial charge in [-0.15, -0.1) is 0 Å². The summed E-state index contributed by atoms with van der Waals surface area (Å²) in [4.78, 5) is 16.2. The highest BCUT2D eigenvalue weighted by Crippen LogP contribution is 2.19. The van der Waals surface area contributed by atoms with Gasteiger partial charge in [0.15, 0.2) is 5.76 Å². The zero-order valence-electron chi connectivity index (χ0n) is 11.8. The Morgan fingerprint density at radius 3 is 2.95 bits per heavy atom. The quantitative estimate of drug-likeness (QED) is 0.468. The Bertz CT molecular complexity index is 457. The third-order valence-electron chi connectivity index (χ3n) is 3.72. The zero-order chi connectivity index (χ0) is 14.0. The zero-order valence-corrected chi connectivity index (χ0v) is 11.8. The molecule has 6 nitrogen and oxygen atoms in total. The first kappa shape index (κ1) is 14.0. The molecule has 1 unspecified atom stereocenters. The summed E-state index contributed by atoms with van der Waals surface area (Å²) in [7, 11) is 2.14. The van der Waals surface area contributed by atoms with Crippen LogP contribution < -0.4 is 11.3 Å². The molecule has 0 aliphatic carbocycles. The van der Waals surface area contributed by atoms with Gasteiger partial charge in [-0.3, -0.25) is 15.1 Å². The molecule has 1 atom stereocenters. The molecule has 1 fully saturated rings. The van der Waals surface area contributed by atoms with Crippen molar-refractivity contribution in [3.63, 3.8) is 0 Å². The van der Waals surface area contributed by atoms with Crippen LogP contribution in [0.4, 0.5) is 0 Å². The first-order valence-electron chi connectivity index (χ1n) is 6.54. The van der Waals surface area contributed by atoms with Crippen molar-refractivity contribution in [2.45, 2.75) is 26.4 Å². The second kappa shape index (κ2) is 5.73. The van der Waals surface area contributed by atoms with Gasteiger partial charge in [-0.25, -0.2) is 5.84 Å². The van der Waals surface area contributed by atoms with Crippen LogP contribution in [0.3, 0.4) is 0 Å². The molecule has 1 aromatic heterocycles. The fourth-order valence-electron chi connectivity index (χ4n) is 2.49. The average molecular weight is 266 g/mol. The topological polar surface area (TPSA) is 74.7 Å². The lowest BCUT2D eigenvalue weighted by Gasteiger charge is -2.38. The highest BCUT2D eigenvalue weighted by atomic mass is 16.4. The molecule has 3 N–H and O–H groups in total. The van der Waals surface area contributed by atoms with E-state index in [9.17, 15) is 4.79 Å². The molecular weight excluding hydrogens is 244 g/mol. The van der Waals surface area contributed by atoms with Crippen LogP contribution >= 0.6 is 0 Å². The normalized spacial score (nSPS) is 21.6. The lowest BCUT2D eigenvalue weighted by molar-refractivity contribution is 0.0923. The first-order chi connectivity index (χ1) is 9.01. The van der Waals surface area contributed by atoms with E-state index in [2.05, 4.69) is 29.2 Å². The second-order valence-corrected chi connectivity index (χ2v) is 5.25. The van der Waals surface area contributed by atoms with Crippen molar-refractivity contribution in [3.8, 4) is 0 Å². The van der Waals surface area contributed by atoms with Crippen LogP contribution in [0, 0.1) is 6.92 Å². The number of piperazine rings is 1. The minimum absolute atomic E-state index is 0.275. The number of furan rings is 1. The van der Waals surface area contributed by atoms with Crippen molar-refractivity contribution < 1.29 is 9.21 Å². The van der Waals surface area contributed by atoms with E-state index in [1.54, 1.807) is 6.07 Å². The van der Waals surface area contributed by atoms with Crippen LogP contribution in [0.5, 0.6) is 0 Å². The summed E-state index contributed by atoms with van der Waals surface area (Å²) >= 11 is 0. The molecule has 2 rings (SSSR count). The summed E-state index contributed by atoms with van der Waals surface area (Å²) in [5.74, 6) is 5.78. The maximum atomic E-state index is 11.4. The van der Waals surface area contributed by atoms with E-state index in [4.69, 9.17) is 10.3 Å². The number of carbonyl (C=O) groups is 1. The van der Waals surface area contributed by atoms with Crippen molar-refractivity contribution in [2.24, 2.45) is 5.84 Å². The summed E-state index contributed by atoms with van der Waals surface area (Å²) in [5, 5.41) is 0. The third kappa shape index (κ3) is 3.15. The molecule has 1 aliphatic heterocycles. The summed E-state index contributed by atoms with van der Waals surface area (Å²) in [6, 6.07) is 2.28. The van der Waals surface area contributed by atoms with Gasteiger partial charge in [0.1, 0.15) is 5.76 Å². The SMILES string of the molecule is Cc1oc(C(=O)NN)cc1CN1CCN(C)CC1C. The van der Waals surface area contributed by atoms with Crippen LogP contribution in [0.2, 0.25) is 0 Å². The maximum Gasteiger partial charge on any atom is 0.300 e. The highest BCUT2D eigenvalue weighted by molar-refractivity contribution is 5.91. The van der Waals surface area contributed by atoms with Gasteiger partial charge in [0, 0.05) is 37.8 Å². The fraction of sp³-hybridized carbons (Fsp3) is 0.615. The maximum absolute atomic E-state index is 11.4. The molecule has 0 spiro atoms. The predicted molar refractivity (Wildman–Crippen MR) is 72.5 cm³/mol. The fourth-order valence-corrected chi connectivity index (χ4v) is 2.49. The summed E-state index contributed by atoms with van der Waals surface area (Å²) < 4.78 is 5.44. The number of likely N-dealkylation sites (N-methyl/N-ethyl adjacent to an activating group) is 1. The molecule has 1 amide bonds. The second-order valence-electron chi connectivity index (χ2n) is 5.25. The van der Waals surface area contributed by atoms with Crippen molar-refractivity contribution in [1.29, 1.82) is 0 Å². The third-order valence-corrected chi connectivity index (χ3v) is 3.72. The van der Waals surface area contributed by atoms with Crippen LogP contribution in [0.15, 0.2) is 10.5 Å². The number of nitrogen functional groups attached to an aromatic ring is 1. The molecule has 1 aromatic rings. The summed E-state index contributed by atoms with van der Waals surface area (Å²) in [6.45, 7) is 8.06. The largest absolute Gasteiger partial charge is 0.456 e. The number of hydrogen-bond acceptors (Lipinski definition) is 5. The molecular formula is C13H22N4O2. The Labute approximate surface area is 113 Å². The molecule has 19 heavy (non-hydrogen) atoms. The number of nitrogens with two attached hydrogens (primary N) is 1. The van der Waals surface area contributed by atoms with Gasteiger partial charge >= 0.3 is 5.91 Å². The number of nitrogens with one attached hydrogen (secondary N) is 1. The summed E-state index contributed by atoms with van der Waals surface area (Å²) in [6.07, 6.45) is 0. The van der Waals surface area contributed by atoms with E-state index in [1.165, 1.54) is 0 Å². The van der Waals surface area contributed by atoms with Gasteiger partial charge in [0.05, 0.1) is 0 Å². The van der Waals surface area contributed by atoms with Gasteiger partial charge in [-0.1, -0.05) is 0 Å². The average Bonchev–Trinajstić information content (AvgIpc) is 2.73. The standard InChI is InChI=1S/C13H22N4O2/c1-9-7-16(3)4-5-17(9)8-11-6-12(13(18)15-14)19-10(11)2/h6,9H,4-5,7-8,14H2,1-3H3,(H,15,18). The van der Waals surface area contributed by atoms with Gasteiger partial charge in [0.2, 0.25) is 0 Å². The Balaban J connectivity index is 2.06. The van der Waals surface area contributed by atoms with Crippen LogP contribution in [-0.2, 0) is 6.54 Å². The molecule has 2 heterocycles. The summed E-state index contributed by atoms with van der Waals surface area (Å²) in [5.41, 5.74) is 3.14. The van der Waals surface area contributed by atoms with E-state index in [-0.39, 0.29) is 11.7 Å². The molecule has 1 aliphatic rings. The molecule has 0 saturated carbocycles. The number of hydrogen-bond donors (Lipinski definition) is 2. The molecule has 0 radical (unpaired) electrons. The predicted octanol–water partition coefficient (Wildman–Crippen LogP) is 0.327. The Morgan fingerprint density at radius 1 is 1.58 bits per heavy atom. The number of aryl methyl sites for hydroxylation is 1. The van der Waals surface area contributed by atoms with Crippen LogP contribution in [0.25, 0.3) is 0 Å². The molecule has 0 aromatic carbocycles. The smallest absolute Gasteiger partial charge is 0.300 e. The highest BCUT2D eigenvalue weighted by Gasteiger charge is 2.23. The van der Waals surface area contributed by atoms with E-state index in [1.807, 2.05) is 6.92 Å². The van der Waals surface area contributed by atoms with E-state index >= 15 is 0 Å². The Morgan fingerprint density at radius 2 is 2.32 bits per heavy atom. The number of carbonyl (C=O) groups excluding carboxylic acids is 1. The van der Waals surface area contributed by atoms with Gasteiger partial charge in [-0.05, 0) is 27.0 Å². The number of hydrazine groups is 1. The van der Waals surface area contributed by atoms with Gasteiger partial charge in [0.25, 0.3) is 0 Å². The Kier molecular flexibility index (Phi) is 4.24. The minimum atomic E-state index is -0.388. The minimum Gasteiger partial charge on any atom is -0.456 e. The molecule has 1 saturated heterocycles. The number of amides is 1. The molecule has 106 valence electrons. The van der Waals surface area contributed by atoms with Crippen LogP contribution in [0.1, 0.15) is 28.8 Å². The first-order valence-corrected chi connectivity index (χ1v) is 6.54. The van der Waals surface area contributed by atoms with Crippen molar-refractivity contribution in [1.82, 2.24) is 15.2 Å². The van der Waals surface area contributed by atoms with Crippen LogP contribution in [-0.4, -0.2) is 48.4 Å². The van der Waals surface area contributed by atoms with E-state index in [0.717, 1.165) is 37.5 Å². The van der Waals surface area contributed by atoms with E-state index < -0.39 is 0 Å². The van der Waals surface area contributed by atoms with Gasteiger partial charge in [-0.2, -0.15) is 0 Å². The number of rotatable bonds is 3. The van der Waals surface area contributed by atoms with Crippen molar-refractivity contribution in [2.75, 3.05) is 26.7 Å². The lowest BCUT2D eigenvalue weighted by atomic mass is 10.1. The molecule has 6 heteroatoms. The molecule has 0 bridgehead atoms. The van der Waals surface area contributed by atoms with Crippen molar-refractivity contribution in [3.05, 3.63) is 23.2 Å². The van der Waals surface area contributed by atoms with Crippen molar-refractivity contribution >= 4 is 5.91 Å². The monoisotopic (exact) mass is 266 g/mol.